The number of nitrogens with zero attached hydrogens (tertiary/aromatic N) is 4. The number of rotatable bonds is 3. The summed E-state index contributed by atoms with van der Waals surface area (Å²) in [5.41, 5.74) is 7.25. The molecule has 0 saturated carbocycles. The molecule has 2 heterocycles. The molecule has 1 amide bonds. The molecule has 2 N–H and O–H groups in total. The molecule has 1 saturated heterocycles. The lowest BCUT2D eigenvalue weighted by Gasteiger charge is -2.26. The molecule has 0 bridgehead atoms. The Labute approximate surface area is 122 Å². The van der Waals surface area contributed by atoms with E-state index in [1.807, 2.05) is 24.3 Å². The molecular weight excluding hydrogens is 270 g/mol. The number of carbonyl (C=O) groups is 1. The van der Waals surface area contributed by atoms with Crippen molar-refractivity contribution in [1.29, 1.82) is 0 Å². The van der Waals surface area contributed by atoms with Crippen LogP contribution < -0.4 is 5.73 Å². The number of benzene rings is 1. The molecule has 7 heteroatoms. The molecule has 2 aromatic rings. The van der Waals surface area contributed by atoms with Gasteiger partial charge in [-0.3, -0.25) is 4.79 Å². The fraction of sp³-hybridized carbons (Fsp3) is 0.357. The van der Waals surface area contributed by atoms with Crippen LogP contribution in [-0.2, 0) is 16.1 Å². The number of aromatic nitrogens is 3. The highest BCUT2D eigenvalue weighted by Crippen LogP contribution is 2.16. The molecular formula is C14H17N5O2. The first kappa shape index (κ1) is 13.6. The number of amides is 1. The summed E-state index contributed by atoms with van der Waals surface area (Å²) in [5, 5.41) is 4.33. The summed E-state index contributed by atoms with van der Waals surface area (Å²) in [4.78, 5) is 18.1. The highest BCUT2D eigenvalue weighted by atomic mass is 16.5. The largest absolute Gasteiger partial charge is 0.399 e. The van der Waals surface area contributed by atoms with Crippen molar-refractivity contribution in [3.8, 4) is 11.4 Å². The molecule has 0 aliphatic carbocycles. The number of hydrogen-bond acceptors (Lipinski definition) is 5. The van der Waals surface area contributed by atoms with Gasteiger partial charge in [0.1, 0.15) is 12.9 Å². The van der Waals surface area contributed by atoms with E-state index >= 15 is 0 Å². The molecule has 1 aromatic heterocycles. The molecule has 0 unspecified atom stereocenters. The van der Waals surface area contributed by atoms with Crippen LogP contribution in [0, 0.1) is 0 Å². The lowest BCUT2D eigenvalue weighted by Crippen LogP contribution is -2.42. The second kappa shape index (κ2) is 5.92. The minimum Gasteiger partial charge on any atom is -0.399 e. The number of carbonyl (C=O) groups excluding carboxylic acids is 1. The number of ether oxygens (including phenoxy) is 1. The van der Waals surface area contributed by atoms with Gasteiger partial charge in [0.25, 0.3) is 0 Å². The fourth-order valence-electron chi connectivity index (χ4n) is 2.23. The molecule has 1 aromatic carbocycles. The first-order valence-electron chi connectivity index (χ1n) is 6.83. The van der Waals surface area contributed by atoms with E-state index < -0.39 is 0 Å². The summed E-state index contributed by atoms with van der Waals surface area (Å²) in [6.07, 6.45) is 1.57. The summed E-state index contributed by atoms with van der Waals surface area (Å²) >= 11 is 0. The maximum Gasteiger partial charge on any atom is 0.244 e. The van der Waals surface area contributed by atoms with Gasteiger partial charge in [-0.05, 0) is 12.1 Å². The number of anilines is 1. The predicted octanol–water partition coefficient (Wildman–Crippen LogP) is 0.386. The average Bonchev–Trinajstić information content (AvgIpc) is 2.97. The standard InChI is InChI=1S/C14H17N5O2/c15-12-3-1-2-11(8-12)14-16-10-19(17-14)9-13(20)18-4-6-21-7-5-18/h1-3,8,10H,4-7,9,15H2. The molecule has 3 rings (SSSR count). The van der Waals surface area contributed by atoms with Gasteiger partial charge in [-0.2, -0.15) is 5.10 Å². The van der Waals surface area contributed by atoms with Crippen molar-refractivity contribution in [3.05, 3.63) is 30.6 Å². The average molecular weight is 287 g/mol. The van der Waals surface area contributed by atoms with Crippen LogP contribution in [0.2, 0.25) is 0 Å². The molecule has 1 aliphatic heterocycles. The van der Waals surface area contributed by atoms with Crippen LogP contribution in [0.3, 0.4) is 0 Å². The smallest absolute Gasteiger partial charge is 0.244 e. The van der Waals surface area contributed by atoms with E-state index in [1.165, 1.54) is 0 Å². The summed E-state index contributed by atoms with van der Waals surface area (Å²) in [6.45, 7) is 2.65. The highest BCUT2D eigenvalue weighted by Gasteiger charge is 2.17. The maximum absolute atomic E-state index is 12.1. The molecule has 21 heavy (non-hydrogen) atoms. The Kier molecular flexibility index (Phi) is 3.83. The van der Waals surface area contributed by atoms with E-state index in [0.29, 0.717) is 37.8 Å². The van der Waals surface area contributed by atoms with E-state index in [9.17, 15) is 4.79 Å². The van der Waals surface area contributed by atoms with E-state index in [0.717, 1.165) is 5.56 Å². The van der Waals surface area contributed by atoms with Gasteiger partial charge in [0, 0.05) is 24.3 Å². The molecule has 1 fully saturated rings. The molecule has 0 radical (unpaired) electrons. The zero-order valence-corrected chi connectivity index (χ0v) is 11.6. The van der Waals surface area contributed by atoms with Crippen molar-refractivity contribution in [2.75, 3.05) is 32.0 Å². The topological polar surface area (TPSA) is 86.3 Å². The van der Waals surface area contributed by atoms with Gasteiger partial charge in [0.15, 0.2) is 5.82 Å². The zero-order chi connectivity index (χ0) is 14.7. The van der Waals surface area contributed by atoms with Crippen molar-refractivity contribution in [2.24, 2.45) is 0 Å². The van der Waals surface area contributed by atoms with Crippen LogP contribution in [0.25, 0.3) is 11.4 Å². The Morgan fingerprint density at radius 1 is 1.33 bits per heavy atom. The summed E-state index contributed by atoms with van der Waals surface area (Å²) in [6, 6.07) is 7.36. The van der Waals surface area contributed by atoms with E-state index in [-0.39, 0.29) is 12.5 Å². The normalized spacial score (nSPS) is 15.1. The zero-order valence-electron chi connectivity index (χ0n) is 11.6. The van der Waals surface area contributed by atoms with Crippen molar-refractivity contribution < 1.29 is 9.53 Å². The van der Waals surface area contributed by atoms with Gasteiger partial charge < -0.3 is 15.4 Å². The molecule has 110 valence electrons. The van der Waals surface area contributed by atoms with Crippen LogP contribution in [0.15, 0.2) is 30.6 Å². The molecule has 7 nitrogen and oxygen atoms in total. The highest BCUT2D eigenvalue weighted by molar-refractivity contribution is 5.76. The van der Waals surface area contributed by atoms with Crippen molar-refractivity contribution >= 4 is 11.6 Å². The quantitative estimate of drug-likeness (QED) is 0.825. The summed E-state index contributed by atoms with van der Waals surface area (Å²) in [7, 11) is 0. The Morgan fingerprint density at radius 3 is 2.90 bits per heavy atom. The second-order valence-electron chi connectivity index (χ2n) is 4.88. The van der Waals surface area contributed by atoms with Gasteiger partial charge in [-0.25, -0.2) is 9.67 Å². The maximum atomic E-state index is 12.1. The Bertz CT molecular complexity index is 634. The summed E-state index contributed by atoms with van der Waals surface area (Å²) in [5.74, 6) is 0.597. The van der Waals surface area contributed by atoms with Gasteiger partial charge >= 0.3 is 0 Å². The van der Waals surface area contributed by atoms with Crippen LogP contribution in [0.1, 0.15) is 0 Å². The van der Waals surface area contributed by atoms with Gasteiger partial charge in [0.05, 0.1) is 13.2 Å². The van der Waals surface area contributed by atoms with Crippen molar-refractivity contribution in [1.82, 2.24) is 19.7 Å². The Hall–Kier alpha value is -2.41. The van der Waals surface area contributed by atoms with E-state index in [2.05, 4.69) is 10.1 Å². The number of hydrogen-bond donors (Lipinski definition) is 1. The lowest BCUT2D eigenvalue weighted by atomic mass is 10.2. The minimum atomic E-state index is 0.0299. The number of nitrogen functional groups attached to an aromatic ring is 1. The molecule has 1 aliphatic rings. The third kappa shape index (κ3) is 3.19. The second-order valence-corrected chi connectivity index (χ2v) is 4.88. The number of morpholine rings is 1. The summed E-state index contributed by atoms with van der Waals surface area (Å²) < 4.78 is 6.78. The molecule has 0 spiro atoms. The SMILES string of the molecule is Nc1cccc(-c2ncn(CC(=O)N3CCOCC3)n2)c1. The van der Waals surface area contributed by atoms with Crippen LogP contribution in [0.4, 0.5) is 5.69 Å². The lowest BCUT2D eigenvalue weighted by molar-refractivity contribution is -0.136. The van der Waals surface area contributed by atoms with E-state index in [4.69, 9.17) is 10.5 Å². The fourth-order valence-corrected chi connectivity index (χ4v) is 2.23. The van der Waals surface area contributed by atoms with E-state index in [1.54, 1.807) is 15.9 Å². The third-order valence-corrected chi connectivity index (χ3v) is 3.34. The first-order chi connectivity index (χ1) is 10.2. The Balaban J connectivity index is 1.69. The van der Waals surface area contributed by atoms with Gasteiger partial charge in [-0.15, -0.1) is 0 Å². The van der Waals surface area contributed by atoms with Crippen LogP contribution in [0.5, 0.6) is 0 Å². The number of nitrogens with two attached hydrogens (primary N) is 1. The van der Waals surface area contributed by atoms with Crippen LogP contribution >= 0.6 is 0 Å². The first-order valence-corrected chi connectivity index (χ1v) is 6.83. The van der Waals surface area contributed by atoms with Gasteiger partial charge in [0.2, 0.25) is 5.91 Å². The Morgan fingerprint density at radius 2 is 2.14 bits per heavy atom. The van der Waals surface area contributed by atoms with Gasteiger partial charge in [-0.1, -0.05) is 12.1 Å². The monoisotopic (exact) mass is 287 g/mol. The van der Waals surface area contributed by atoms with Crippen LogP contribution in [-0.4, -0.2) is 51.9 Å². The third-order valence-electron chi connectivity index (χ3n) is 3.34. The van der Waals surface area contributed by atoms with Crippen molar-refractivity contribution in [3.63, 3.8) is 0 Å². The molecule has 0 atom stereocenters. The minimum absolute atomic E-state index is 0.0299. The van der Waals surface area contributed by atoms with Crippen molar-refractivity contribution in [2.45, 2.75) is 6.54 Å². The predicted molar refractivity (Wildman–Crippen MR) is 77.3 cm³/mol.